The van der Waals surface area contributed by atoms with Crippen molar-refractivity contribution < 1.29 is 13.5 Å². The van der Waals surface area contributed by atoms with E-state index in [2.05, 4.69) is 4.98 Å². The van der Waals surface area contributed by atoms with Crippen LogP contribution in [0.2, 0.25) is 10.0 Å². The van der Waals surface area contributed by atoms with Gasteiger partial charge in [-0.15, -0.1) is 0 Å². The zero-order chi connectivity index (χ0) is 13.1. The second kappa shape index (κ2) is 6.00. The maximum atomic E-state index is 10.9. The first-order valence-corrected chi connectivity index (χ1v) is 7.78. The Morgan fingerprint density at radius 3 is 2.65 bits per heavy atom. The molecule has 17 heavy (non-hydrogen) atoms. The number of aliphatic hydroxyl groups excluding tert-OH is 1. The van der Waals surface area contributed by atoms with Gasteiger partial charge in [-0.1, -0.05) is 23.2 Å². The number of rotatable bonds is 5. The minimum Gasteiger partial charge on any atom is -0.387 e. The van der Waals surface area contributed by atoms with Crippen LogP contribution in [0.5, 0.6) is 0 Å². The monoisotopic (exact) mass is 297 g/mol. The topological polar surface area (TPSA) is 67.3 Å². The summed E-state index contributed by atoms with van der Waals surface area (Å²) in [4.78, 5) is 3.93. The summed E-state index contributed by atoms with van der Waals surface area (Å²) in [7, 11) is -3.00. The molecule has 0 aromatic carbocycles. The van der Waals surface area contributed by atoms with E-state index >= 15 is 0 Å². The average molecular weight is 298 g/mol. The first-order valence-electron chi connectivity index (χ1n) is 4.96. The van der Waals surface area contributed by atoms with Crippen LogP contribution in [0.4, 0.5) is 0 Å². The molecule has 4 nitrogen and oxygen atoms in total. The Kier molecular flexibility index (Phi) is 5.19. The second-order valence-corrected chi connectivity index (χ2v) is 6.91. The third kappa shape index (κ3) is 5.21. The number of sulfone groups is 1. The van der Waals surface area contributed by atoms with Gasteiger partial charge in [0.25, 0.3) is 0 Å². The van der Waals surface area contributed by atoms with Crippen molar-refractivity contribution in [1.82, 2.24) is 4.98 Å². The van der Waals surface area contributed by atoms with E-state index < -0.39 is 15.9 Å². The predicted molar refractivity (Wildman–Crippen MR) is 68.2 cm³/mol. The first-order chi connectivity index (χ1) is 7.79. The van der Waals surface area contributed by atoms with E-state index in [1.807, 2.05) is 0 Å². The fraction of sp³-hybridized carbons (Fsp3) is 0.500. The van der Waals surface area contributed by atoms with Crippen molar-refractivity contribution in [3.05, 3.63) is 28.0 Å². The van der Waals surface area contributed by atoms with Gasteiger partial charge in [0.05, 0.1) is 21.8 Å². The van der Waals surface area contributed by atoms with Crippen LogP contribution in [0.3, 0.4) is 0 Å². The SMILES string of the molecule is CS(=O)(=O)CCCC(O)c1ncc(Cl)cc1Cl. The molecule has 1 heterocycles. The number of aliphatic hydroxyl groups is 1. The van der Waals surface area contributed by atoms with Crippen molar-refractivity contribution in [2.75, 3.05) is 12.0 Å². The van der Waals surface area contributed by atoms with Gasteiger partial charge >= 0.3 is 0 Å². The third-order valence-corrected chi connectivity index (χ3v) is 3.68. The molecule has 1 N–H and O–H groups in total. The molecule has 0 amide bonds. The van der Waals surface area contributed by atoms with Crippen LogP contribution in [0.25, 0.3) is 0 Å². The van der Waals surface area contributed by atoms with Gasteiger partial charge in [-0.2, -0.15) is 0 Å². The van der Waals surface area contributed by atoms with Crippen LogP contribution >= 0.6 is 23.2 Å². The van der Waals surface area contributed by atoms with Crippen LogP contribution in [0, 0.1) is 0 Å². The molecule has 0 aliphatic heterocycles. The maximum Gasteiger partial charge on any atom is 0.147 e. The van der Waals surface area contributed by atoms with Crippen molar-refractivity contribution in [2.24, 2.45) is 0 Å². The third-order valence-electron chi connectivity index (χ3n) is 2.14. The lowest BCUT2D eigenvalue weighted by Crippen LogP contribution is -2.07. The predicted octanol–water partition coefficient (Wildman–Crippen LogP) is 2.25. The summed E-state index contributed by atoms with van der Waals surface area (Å²) in [6.07, 6.45) is 2.33. The number of pyridine rings is 1. The molecule has 1 aromatic rings. The fourth-order valence-electron chi connectivity index (χ4n) is 1.35. The van der Waals surface area contributed by atoms with E-state index in [-0.39, 0.29) is 10.8 Å². The molecule has 7 heteroatoms. The van der Waals surface area contributed by atoms with Gasteiger partial charge in [0, 0.05) is 18.2 Å². The minimum atomic E-state index is -3.00. The normalized spacial score (nSPS) is 13.6. The molecule has 0 aliphatic carbocycles. The number of aromatic nitrogens is 1. The number of hydrogen-bond donors (Lipinski definition) is 1. The molecule has 1 unspecified atom stereocenters. The molecule has 0 spiro atoms. The van der Waals surface area contributed by atoms with Gasteiger partial charge in [0.15, 0.2) is 0 Å². The maximum absolute atomic E-state index is 10.9. The number of halogens is 2. The summed E-state index contributed by atoms with van der Waals surface area (Å²) < 4.78 is 21.8. The summed E-state index contributed by atoms with van der Waals surface area (Å²) in [5.41, 5.74) is 0.324. The zero-order valence-corrected chi connectivity index (χ0v) is 11.6. The lowest BCUT2D eigenvalue weighted by molar-refractivity contribution is 0.162. The Hall–Kier alpha value is -0.360. The molecule has 0 saturated heterocycles. The van der Waals surface area contributed by atoms with Gasteiger partial charge in [-0.3, -0.25) is 4.98 Å². The van der Waals surface area contributed by atoms with Crippen molar-refractivity contribution in [2.45, 2.75) is 18.9 Å². The first kappa shape index (κ1) is 14.7. The molecule has 1 aromatic heterocycles. The highest BCUT2D eigenvalue weighted by Gasteiger charge is 2.14. The van der Waals surface area contributed by atoms with E-state index in [1.54, 1.807) is 0 Å². The lowest BCUT2D eigenvalue weighted by Gasteiger charge is -2.11. The van der Waals surface area contributed by atoms with Crippen LogP contribution in [0.1, 0.15) is 24.6 Å². The van der Waals surface area contributed by atoms with Crippen molar-refractivity contribution in [3.63, 3.8) is 0 Å². The van der Waals surface area contributed by atoms with E-state index in [0.29, 0.717) is 23.6 Å². The summed E-state index contributed by atoms with van der Waals surface area (Å²) in [6, 6.07) is 1.49. The Morgan fingerprint density at radius 1 is 1.47 bits per heavy atom. The lowest BCUT2D eigenvalue weighted by atomic mass is 10.1. The molecule has 1 rings (SSSR count). The van der Waals surface area contributed by atoms with E-state index in [1.165, 1.54) is 12.3 Å². The van der Waals surface area contributed by atoms with Crippen molar-refractivity contribution in [3.8, 4) is 0 Å². The quantitative estimate of drug-likeness (QED) is 0.905. The summed E-state index contributed by atoms with van der Waals surface area (Å²) in [5.74, 6) is 0.0370. The standard InChI is InChI=1S/C10H13Cl2NO3S/c1-17(15,16)4-2-3-9(14)10-8(12)5-7(11)6-13-10/h5-6,9,14H,2-4H2,1H3. The van der Waals surface area contributed by atoms with Gasteiger partial charge in [-0.25, -0.2) is 8.42 Å². The Bertz CT molecular complexity index is 490. The van der Waals surface area contributed by atoms with Gasteiger partial charge < -0.3 is 5.11 Å². The number of hydrogen-bond acceptors (Lipinski definition) is 4. The molecular weight excluding hydrogens is 285 g/mol. The highest BCUT2D eigenvalue weighted by Crippen LogP contribution is 2.26. The summed E-state index contributed by atoms with van der Waals surface area (Å²) in [5, 5.41) is 10.5. The Labute approximate surface area is 111 Å². The zero-order valence-electron chi connectivity index (χ0n) is 9.23. The van der Waals surface area contributed by atoms with Gasteiger partial charge in [-0.05, 0) is 18.9 Å². The van der Waals surface area contributed by atoms with Crippen LogP contribution in [0.15, 0.2) is 12.3 Å². The molecular formula is C10H13Cl2NO3S. The van der Waals surface area contributed by atoms with Crippen molar-refractivity contribution >= 4 is 33.0 Å². The van der Waals surface area contributed by atoms with Crippen molar-refractivity contribution in [1.29, 1.82) is 0 Å². The molecule has 0 fully saturated rings. The summed E-state index contributed by atoms with van der Waals surface area (Å²) in [6.45, 7) is 0. The van der Waals surface area contributed by atoms with E-state index in [4.69, 9.17) is 23.2 Å². The number of nitrogens with zero attached hydrogens (tertiary/aromatic N) is 1. The average Bonchev–Trinajstić information content (AvgIpc) is 2.15. The molecule has 0 bridgehead atoms. The minimum absolute atomic E-state index is 0.0370. The van der Waals surface area contributed by atoms with E-state index in [9.17, 15) is 13.5 Å². The molecule has 1 atom stereocenters. The molecule has 0 radical (unpaired) electrons. The van der Waals surface area contributed by atoms with Crippen LogP contribution < -0.4 is 0 Å². The van der Waals surface area contributed by atoms with E-state index in [0.717, 1.165) is 6.26 Å². The Morgan fingerprint density at radius 2 is 2.12 bits per heavy atom. The second-order valence-electron chi connectivity index (χ2n) is 3.81. The summed E-state index contributed by atoms with van der Waals surface area (Å²) >= 11 is 11.5. The smallest absolute Gasteiger partial charge is 0.147 e. The Balaban J connectivity index is 2.61. The van der Waals surface area contributed by atoms with Gasteiger partial charge in [0.1, 0.15) is 9.84 Å². The van der Waals surface area contributed by atoms with Crippen LogP contribution in [-0.2, 0) is 9.84 Å². The fourth-order valence-corrected chi connectivity index (χ4v) is 2.54. The molecule has 96 valence electrons. The molecule has 0 saturated carbocycles. The largest absolute Gasteiger partial charge is 0.387 e. The highest BCUT2D eigenvalue weighted by molar-refractivity contribution is 7.90. The highest BCUT2D eigenvalue weighted by atomic mass is 35.5. The molecule has 0 aliphatic rings. The van der Waals surface area contributed by atoms with Crippen LogP contribution in [-0.4, -0.2) is 30.5 Å². The van der Waals surface area contributed by atoms with Gasteiger partial charge in [0.2, 0.25) is 0 Å².